The zero-order valence-electron chi connectivity index (χ0n) is 15.0. The van der Waals surface area contributed by atoms with Crippen molar-refractivity contribution in [2.24, 2.45) is 0 Å². The highest BCUT2D eigenvalue weighted by Gasteiger charge is 2.10. The van der Waals surface area contributed by atoms with Crippen LogP contribution in [0.25, 0.3) is 0 Å². The van der Waals surface area contributed by atoms with E-state index in [9.17, 15) is 9.59 Å². The zero-order chi connectivity index (χ0) is 18.4. The largest absolute Gasteiger partial charge is 0.372 e. The molecule has 2 amide bonds. The molecular weight excluding hydrogens is 320 g/mol. The molecule has 0 bridgehead atoms. The Morgan fingerprint density at radius 2 is 1.92 bits per heavy atom. The number of carbonyl (C=O) groups is 2. The van der Waals surface area contributed by atoms with Crippen molar-refractivity contribution in [2.75, 3.05) is 28.6 Å². The van der Waals surface area contributed by atoms with E-state index < -0.39 is 0 Å². The molecule has 8 heteroatoms. The highest BCUT2D eigenvalue weighted by atomic mass is 16.2. The molecule has 1 aromatic heterocycles. The minimum Gasteiger partial charge on any atom is -0.372 e. The average Bonchev–Trinajstić information content (AvgIpc) is 2.97. The number of hydrogen-bond donors (Lipinski definition) is 2. The fourth-order valence-corrected chi connectivity index (χ4v) is 2.52. The molecule has 0 spiro atoms. The Morgan fingerprint density at radius 1 is 1.20 bits per heavy atom. The van der Waals surface area contributed by atoms with Gasteiger partial charge in [-0.25, -0.2) is 4.68 Å². The molecule has 134 valence electrons. The van der Waals surface area contributed by atoms with Crippen molar-refractivity contribution in [1.29, 1.82) is 0 Å². The van der Waals surface area contributed by atoms with Crippen LogP contribution in [-0.2, 0) is 16.1 Å². The standard InChI is InChI=1S/C17H24N6O2/c1-5-22(6-2)14-7-8-15(12(3)9-14)19-17(25)11-23-10-16(20-21-23)18-13(4)24/h7-10H,5-6,11H2,1-4H3,(H,18,24)(H,19,25). The highest BCUT2D eigenvalue weighted by Crippen LogP contribution is 2.22. The first-order valence-corrected chi connectivity index (χ1v) is 8.26. The molecule has 0 unspecified atom stereocenters. The molecule has 0 atom stereocenters. The number of nitrogens with zero attached hydrogens (tertiary/aromatic N) is 4. The number of hydrogen-bond acceptors (Lipinski definition) is 5. The maximum atomic E-state index is 12.2. The number of aromatic nitrogens is 3. The van der Waals surface area contributed by atoms with Gasteiger partial charge >= 0.3 is 0 Å². The summed E-state index contributed by atoms with van der Waals surface area (Å²) in [7, 11) is 0. The minimum atomic E-state index is -0.236. The molecule has 0 fully saturated rings. The van der Waals surface area contributed by atoms with Crippen molar-refractivity contribution >= 4 is 29.0 Å². The van der Waals surface area contributed by atoms with E-state index in [1.54, 1.807) is 0 Å². The van der Waals surface area contributed by atoms with E-state index in [1.165, 1.54) is 17.8 Å². The van der Waals surface area contributed by atoms with Gasteiger partial charge in [-0.1, -0.05) is 5.21 Å². The molecule has 8 nitrogen and oxygen atoms in total. The maximum absolute atomic E-state index is 12.2. The quantitative estimate of drug-likeness (QED) is 0.802. The third kappa shape index (κ3) is 5.03. The van der Waals surface area contributed by atoms with Crippen molar-refractivity contribution in [3.8, 4) is 0 Å². The molecule has 0 radical (unpaired) electrons. The Labute approximate surface area is 147 Å². The number of aryl methyl sites for hydroxylation is 1. The molecule has 0 aliphatic carbocycles. The van der Waals surface area contributed by atoms with Crippen molar-refractivity contribution in [1.82, 2.24) is 15.0 Å². The predicted molar refractivity (Wildman–Crippen MR) is 97.7 cm³/mol. The van der Waals surface area contributed by atoms with Crippen LogP contribution >= 0.6 is 0 Å². The third-order valence-corrected chi connectivity index (χ3v) is 3.76. The Bertz CT molecular complexity index is 751. The second kappa shape index (κ2) is 8.27. The first-order chi connectivity index (χ1) is 11.9. The molecule has 2 aromatic rings. The smallest absolute Gasteiger partial charge is 0.246 e. The fourth-order valence-electron chi connectivity index (χ4n) is 2.52. The zero-order valence-corrected chi connectivity index (χ0v) is 15.0. The molecule has 0 aliphatic rings. The first kappa shape index (κ1) is 18.4. The van der Waals surface area contributed by atoms with Crippen LogP contribution < -0.4 is 15.5 Å². The maximum Gasteiger partial charge on any atom is 0.246 e. The second-order valence-corrected chi connectivity index (χ2v) is 5.70. The van der Waals surface area contributed by atoms with Crippen LogP contribution in [0.1, 0.15) is 26.3 Å². The van der Waals surface area contributed by atoms with Gasteiger partial charge in [0.15, 0.2) is 5.82 Å². The van der Waals surface area contributed by atoms with Crippen LogP contribution in [0.5, 0.6) is 0 Å². The van der Waals surface area contributed by atoms with Gasteiger partial charge in [-0.15, -0.1) is 5.10 Å². The fraction of sp³-hybridized carbons (Fsp3) is 0.412. The van der Waals surface area contributed by atoms with E-state index in [4.69, 9.17) is 0 Å². The summed E-state index contributed by atoms with van der Waals surface area (Å²) in [5.74, 6) is -0.126. The van der Waals surface area contributed by atoms with Crippen LogP contribution in [0.3, 0.4) is 0 Å². The summed E-state index contributed by atoms with van der Waals surface area (Å²) in [6.07, 6.45) is 1.51. The predicted octanol–water partition coefficient (Wildman–Crippen LogP) is 2.03. The molecule has 25 heavy (non-hydrogen) atoms. The monoisotopic (exact) mass is 344 g/mol. The van der Waals surface area contributed by atoms with E-state index in [2.05, 4.69) is 45.8 Å². The van der Waals surface area contributed by atoms with Crippen LogP contribution in [0.15, 0.2) is 24.4 Å². The van der Waals surface area contributed by atoms with E-state index in [0.29, 0.717) is 5.82 Å². The summed E-state index contributed by atoms with van der Waals surface area (Å²) in [5.41, 5.74) is 2.90. The van der Waals surface area contributed by atoms with Crippen LogP contribution in [0, 0.1) is 6.92 Å². The van der Waals surface area contributed by atoms with Gasteiger partial charge in [-0.05, 0) is 44.5 Å². The van der Waals surface area contributed by atoms with Gasteiger partial charge in [0.2, 0.25) is 11.8 Å². The average molecular weight is 344 g/mol. The summed E-state index contributed by atoms with van der Waals surface area (Å²) < 4.78 is 1.38. The van der Waals surface area contributed by atoms with Gasteiger partial charge in [-0.3, -0.25) is 9.59 Å². The summed E-state index contributed by atoms with van der Waals surface area (Å²) in [6.45, 7) is 9.46. The third-order valence-electron chi connectivity index (χ3n) is 3.76. The number of amides is 2. The Morgan fingerprint density at radius 3 is 2.52 bits per heavy atom. The van der Waals surface area contributed by atoms with Gasteiger partial charge in [0.1, 0.15) is 6.54 Å². The summed E-state index contributed by atoms with van der Waals surface area (Å²) in [6, 6.07) is 5.97. The number of benzene rings is 1. The molecule has 1 aromatic carbocycles. The summed E-state index contributed by atoms with van der Waals surface area (Å²) in [5, 5.41) is 13.0. The molecular formula is C17H24N6O2. The number of carbonyl (C=O) groups excluding carboxylic acids is 2. The van der Waals surface area contributed by atoms with Crippen molar-refractivity contribution in [2.45, 2.75) is 34.2 Å². The van der Waals surface area contributed by atoms with Gasteiger partial charge < -0.3 is 15.5 Å². The second-order valence-electron chi connectivity index (χ2n) is 5.70. The van der Waals surface area contributed by atoms with Gasteiger partial charge in [0.05, 0.1) is 6.20 Å². The van der Waals surface area contributed by atoms with E-state index in [-0.39, 0.29) is 18.4 Å². The lowest BCUT2D eigenvalue weighted by atomic mass is 10.1. The molecule has 0 saturated heterocycles. The van der Waals surface area contributed by atoms with Crippen molar-refractivity contribution in [3.05, 3.63) is 30.0 Å². The summed E-state index contributed by atoms with van der Waals surface area (Å²) in [4.78, 5) is 25.4. The molecule has 0 saturated carbocycles. The topological polar surface area (TPSA) is 92.2 Å². The normalized spacial score (nSPS) is 10.4. The molecule has 0 aliphatic heterocycles. The van der Waals surface area contributed by atoms with Crippen LogP contribution in [-0.4, -0.2) is 39.9 Å². The van der Waals surface area contributed by atoms with Crippen LogP contribution in [0.4, 0.5) is 17.2 Å². The number of anilines is 3. The lowest BCUT2D eigenvalue weighted by molar-refractivity contribution is -0.117. The van der Waals surface area contributed by atoms with E-state index in [0.717, 1.165) is 30.0 Å². The van der Waals surface area contributed by atoms with E-state index in [1.807, 2.05) is 19.1 Å². The Kier molecular flexibility index (Phi) is 6.10. The number of rotatable bonds is 7. The molecule has 2 N–H and O–H groups in total. The summed E-state index contributed by atoms with van der Waals surface area (Å²) >= 11 is 0. The SMILES string of the molecule is CCN(CC)c1ccc(NC(=O)Cn2cc(NC(C)=O)nn2)c(C)c1. The first-order valence-electron chi connectivity index (χ1n) is 8.26. The molecule has 2 rings (SSSR count). The lowest BCUT2D eigenvalue weighted by Crippen LogP contribution is -2.22. The Balaban J connectivity index is 2.00. The van der Waals surface area contributed by atoms with Gasteiger partial charge in [0.25, 0.3) is 0 Å². The minimum absolute atomic E-state index is 0.0177. The van der Waals surface area contributed by atoms with Crippen LogP contribution in [0.2, 0.25) is 0 Å². The van der Waals surface area contributed by atoms with E-state index >= 15 is 0 Å². The Hall–Kier alpha value is -2.90. The van der Waals surface area contributed by atoms with Gasteiger partial charge in [-0.2, -0.15) is 0 Å². The highest BCUT2D eigenvalue weighted by molar-refractivity contribution is 5.91. The van der Waals surface area contributed by atoms with Crippen molar-refractivity contribution in [3.63, 3.8) is 0 Å². The van der Waals surface area contributed by atoms with Gasteiger partial charge in [0, 0.05) is 31.4 Å². The lowest BCUT2D eigenvalue weighted by Gasteiger charge is -2.22. The number of nitrogens with one attached hydrogen (secondary N) is 2. The van der Waals surface area contributed by atoms with Crippen molar-refractivity contribution < 1.29 is 9.59 Å². The molecule has 1 heterocycles.